The van der Waals surface area contributed by atoms with Crippen molar-refractivity contribution in [1.82, 2.24) is 4.90 Å². The number of carbonyl (C=O) groups excluding carboxylic acids is 2. The summed E-state index contributed by atoms with van der Waals surface area (Å²) in [5.41, 5.74) is 2.43. The maximum atomic E-state index is 13.0. The van der Waals surface area contributed by atoms with Gasteiger partial charge in [0.25, 0.3) is 11.1 Å². The van der Waals surface area contributed by atoms with Crippen molar-refractivity contribution in [2.45, 2.75) is 13.2 Å². The fourth-order valence-corrected chi connectivity index (χ4v) is 4.06. The van der Waals surface area contributed by atoms with Crippen LogP contribution in [0.2, 0.25) is 5.02 Å². The Morgan fingerprint density at radius 1 is 0.968 bits per heavy atom. The Morgan fingerprint density at radius 2 is 1.71 bits per heavy atom. The summed E-state index contributed by atoms with van der Waals surface area (Å²) >= 11 is 6.90. The third-order valence-corrected chi connectivity index (χ3v) is 5.74. The minimum absolute atomic E-state index is 0.179. The molecule has 1 aliphatic rings. The van der Waals surface area contributed by atoms with Crippen molar-refractivity contribution < 1.29 is 18.7 Å². The Morgan fingerprint density at radius 3 is 2.42 bits per heavy atom. The summed E-state index contributed by atoms with van der Waals surface area (Å²) in [5.74, 6) is 0.0345. The lowest BCUT2D eigenvalue weighted by atomic mass is 10.2. The second-order valence-electron chi connectivity index (χ2n) is 6.88. The maximum absolute atomic E-state index is 13.0. The molecular formula is C24H17ClFNO3S. The Kier molecular flexibility index (Phi) is 6.39. The van der Waals surface area contributed by atoms with E-state index in [-0.39, 0.29) is 23.5 Å². The molecule has 4 rings (SSSR count). The molecule has 0 saturated carbocycles. The molecule has 0 atom stereocenters. The predicted octanol–water partition coefficient (Wildman–Crippen LogP) is 6.29. The normalized spacial score (nSPS) is 15.0. The van der Waals surface area contributed by atoms with E-state index in [1.807, 2.05) is 18.2 Å². The lowest BCUT2D eigenvalue weighted by Gasteiger charge is -2.12. The fraction of sp³-hybridized carbons (Fsp3) is 0.0833. The predicted molar refractivity (Wildman–Crippen MR) is 120 cm³/mol. The molecular weight excluding hydrogens is 437 g/mol. The number of hydrogen-bond acceptors (Lipinski definition) is 4. The van der Waals surface area contributed by atoms with Gasteiger partial charge in [0.1, 0.15) is 18.2 Å². The molecule has 156 valence electrons. The number of benzene rings is 3. The summed E-state index contributed by atoms with van der Waals surface area (Å²) in [7, 11) is 0. The van der Waals surface area contributed by atoms with Gasteiger partial charge in [-0.2, -0.15) is 0 Å². The molecule has 0 N–H and O–H groups in total. The number of hydrogen-bond donors (Lipinski definition) is 0. The SMILES string of the molecule is O=C1S/C(=C\c2ccc(OCc3ccc(F)cc3)cc2)C(=O)N1Cc1cccc(Cl)c1. The van der Waals surface area contributed by atoms with E-state index in [0.717, 1.165) is 28.5 Å². The highest BCUT2D eigenvalue weighted by Crippen LogP contribution is 2.33. The Bertz CT molecular complexity index is 1150. The molecule has 1 fully saturated rings. The van der Waals surface area contributed by atoms with Crippen LogP contribution in [0.1, 0.15) is 16.7 Å². The van der Waals surface area contributed by atoms with Crippen molar-refractivity contribution in [2.75, 3.05) is 0 Å². The van der Waals surface area contributed by atoms with Gasteiger partial charge in [0, 0.05) is 5.02 Å². The van der Waals surface area contributed by atoms with Gasteiger partial charge in [-0.15, -0.1) is 0 Å². The highest BCUT2D eigenvalue weighted by Gasteiger charge is 2.34. The first-order chi connectivity index (χ1) is 15.0. The fourth-order valence-electron chi connectivity index (χ4n) is 3.01. The largest absolute Gasteiger partial charge is 0.489 e. The van der Waals surface area contributed by atoms with Crippen LogP contribution in [-0.4, -0.2) is 16.0 Å². The van der Waals surface area contributed by atoms with Crippen LogP contribution in [0.25, 0.3) is 6.08 Å². The third-order valence-electron chi connectivity index (χ3n) is 4.60. The van der Waals surface area contributed by atoms with E-state index in [1.54, 1.807) is 48.5 Å². The Labute approximate surface area is 188 Å². The molecule has 0 bridgehead atoms. The van der Waals surface area contributed by atoms with Crippen LogP contribution in [-0.2, 0) is 17.9 Å². The molecule has 0 aromatic heterocycles. The van der Waals surface area contributed by atoms with Crippen LogP contribution in [0.4, 0.5) is 9.18 Å². The van der Waals surface area contributed by atoms with Gasteiger partial charge in [0.15, 0.2) is 0 Å². The molecule has 0 unspecified atom stereocenters. The van der Waals surface area contributed by atoms with Crippen LogP contribution in [0.15, 0.2) is 77.7 Å². The van der Waals surface area contributed by atoms with Gasteiger partial charge in [-0.05, 0) is 70.9 Å². The van der Waals surface area contributed by atoms with Crippen molar-refractivity contribution >= 4 is 40.6 Å². The topological polar surface area (TPSA) is 46.6 Å². The quantitative estimate of drug-likeness (QED) is 0.411. The summed E-state index contributed by atoms with van der Waals surface area (Å²) in [6, 6.07) is 20.4. The van der Waals surface area contributed by atoms with Crippen molar-refractivity contribution in [3.05, 3.63) is 105 Å². The summed E-state index contributed by atoms with van der Waals surface area (Å²) in [5, 5.41) is 0.247. The molecule has 0 radical (unpaired) electrons. The number of thioether (sulfide) groups is 1. The molecule has 3 aromatic carbocycles. The first-order valence-electron chi connectivity index (χ1n) is 9.45. The molecule has 0 aliphatic carbocycles. The van der Waals surface area contributed by atoms with E-state index in [9.17, 15) is 14.0 Å². The maximum Gasteiger partial charge on any atom is 0.293 e. The summed E-state index contributed by atoms with van der Waals surface area (Å²) in [6.07, 6.45) is 1.69. The molecule has 1 aliphatic heterocycles. The molecule has 2 amide bonds. The highest BCUT2D eigenvalue weighted by atomic mass is 35.5. The average molecular weight is 454 g/mol. The first kappa shape index (κ1) is 21.2. The van der Waals surface area contributed by atoms with Crippen LogP contribution in [0, 0.1) is 5.82 Å². The van der Waals surface area contributed by atoms with E-state index < -0.39 is 0 Å². The Balaban J connectivity index is 1.40. The molecule has 31 heavy (non-hydrogen) atoms. The molecule has 3 aromatic rings. The van der Waals surface area contributed by atoms with E-state index in [0.29, 0.717) is 22.3 Å². The second kappa shape index (κ2) is 9.37. The van der Waals surface area contributed by atoms with Crippen molar-refractivity contribution in [1.29, 1.82) is 0 Å². The van der Waals surface area contributed by atoms with Gasteiger partial charge < -0.3 is 4.74 Å². The molecule has 1 saturated heterocycles. The highest BCUT2D eigenvalue weighted by molar-refractivity contribution is 8.18. The molecule has 1 heterocycles. The summed E-state index contributed by atoms with van der Waals surface area (Å²) in [6.45, 7) is 0.501. The third kappa shape index (κ3) is 5.34. The summed E-state index contributed by atoms with van der Waals surface area (Å²) in [4.78, 5) is 26.6. The molecule has 7 heteroatoms. The number of rotatable bonds is 6. The number of halogens is 2. The molecule has 0 spiro atoms. The number of imide groups is 1. The van der Waals surface area contributed by atoms with Crippen molar-refractivity contribution in [3.8, 4) is 5.75 Å². The standard InChI is InChI=1S/C24H17ClFNO3S/c25-19-3-1-2-18(12-19)14-27-23(28)22(31-24(27)29)13-16-6-10-21(11-7-16)30-15-17-4-8-20(26)9-5-17/h1-13H,14-15H2/b22-13-. The van der Waals surface area contributed by atoms with Gasteiger partial charge in [0.05, 0.1) is 11.4 Å². The zero-order valence-corrected chi connectivity index (χ0v) is 17.8. The zero-order valence-electron chi connectivity index (χ0n) is 16.3. The minimum atomic E-state index is -0.327. The van der Waals surface area contributed by atoms with Crippen LogP contribution in [0.5, 0.6) is 5.75 Å². The van der Waals surface area contributed by atoms with Gasteiger partial charge >= 0.3 is 0 Å². The van der Waals surface area contributed by atoms with Gasteiger partial charge in [0.2, 0.25) is 0 Å². The van der Waals surface area contributed by atoms with Gasteiger partial charge in [-0.3, -0.25) is 14.5 Å². The van der Waals surface area contributed by atoms with Crippen LogP contribution in [0.3, 0.4) is 0 Å². The van der Waals surface area contributed by atoms with Crippen LogP contribution < -0.4 is 4.74 Å². The number of amides is 2. The Hall–Kier alpha value is -3.09. The van der Waals surface area contributed by atoms with Gasteiger partial charge in [-0.1, -0.05) is 48.0 Å². The summed E-state index contributed by atoms with van der Waals surface area (Å²) < 4.78 is 18.7. The first-order valence-corrected chi connectivity index (χ1v) is 10.6. The smallest absolute Gasteiger partial charge is 0.293 e. The second-order valence-corrected chi connectivity index (χ2v) is 8.31. The number of carbonyl (C=O) groups is 2. The van der Waals surface area contributed by atoms with Gasteiger partial charge in [-0.25, -0.2) is 4.39 Å². The van der Waals surface area contributed by atoms with Crippen molar-refractivity contribution in [2.24, 2.45) is 0 Å². The van der Waals surface area contributed by atoms with E-state index in [1.165, 1.54) is 17.0 Å². The zero-order chi connectivity index (χ0) is 21.8. The lowest BCUT2D eigenvalue weighted by Crippen LogP contribution is -2.27. The van der Waals surface area contributed by atoms with Crippen LogP contribution >= 0.6 is 23.4 Å². The van der Waals surface area contributed by atoms with E-state index in [4.69, 9.17) is 16.3 Å². The van der Waals surface area contributed by atoms with Crippen molar-refractivity contribution in [3.63, 3.8) is 0 Å². The molecule has 4 nitrogen and oxygen atoms in total. The number of nitrogens with zero attached hydrogens (tertiary/aromatic N) is 1. The number of ether oxygens (including phenoxy) is 1. The average Bonchev–Trinajstić information content (AvgIpc) is 3.02. The van der Waals surface area contributed by atoms with E-state index >= 15 is 0 Å². The lowest BCUT2D eigenvalue weighted by molar-refractivity contribution is -0.123. The van der Waals surface area contributed by atoms with E-state index in [2.05, 4.69) is 0 Å². The minimum Gasteiger partial charge on any atom is -0.489 e. The monoisotopic (exact) mass is 453 g/mol.